The average Bonchev–Trinajstić information content (AvgIpc) is 2.72. The first kappa shape index (κ1) is 22.6. The molecule has 3 aromatic carbocycles. The maximum absolute atomic E-state index is 12.7. The van der Waals surface area contributed by atoms with E-state index in [0.717, 1.165) is 11.9 Å². The van der Waals surface area contributed by atoms with Gasteiger partial charge < -0.3 is 4.72 Å². The van der Waals surface area contributed by atoms with E-state index < -0.39 is 25.0 Å². The molecule has 0 saturated heterocycles. The molecule has 0 heterocycles. The van der Waals surface area contributed by atoms with Gasteiger partial charge in [0.25, 0.3) is 15.7 Å². The summed E-state index contributed by atoms with van der Waals surface area (Å²) in [5.74, 6) is 0. The van der Waals surface area contributed by atoms with E-state index in [-0.39, 0.29) is 21.2 Å². The van der Waals surface area contributed by atoms with E-state index in [2.05, 4.69) is 9.44 Å². The second kappa shape index (κ2) is 8.93. The third kappa shape index (κ3) is 5.95. The zero-order valence-electron chi connectivity index (χ0n) is 15.6. The highest BCUT2D eigenvalue weighted by molar-refractivity contribution is 8.00. The molecule has 0 aliphatic rings. The molecular formula is C18H16N4O6S3. The summed E-state index contributed by atoms with van der Waals surface area (Å²) < 4.78 is 53.3. The summed E-state index contributed by atoms with van der Waals surface area (Å²) in [5.41, 5.74) is 0.641. The van der Waals surface area contributed by atoms with Gasteiger partial charge in [-0.05, 0) is 66.5 Å². The Morgan fingerprint density at radius 1 is 0.839 bits per heavy atom. The van der Waals surface area contributed by atoms with E-state index in [1.807, 2.05) is 0 Å². The van der Waals surface area contributed by atoms with Crippen molar-refractivity contribution in [3.05, 3.63) is 82.9 Å². The van der Waals surface area contributed by atoms with Crippen molar-refractivity contribution in [1.29, 1.82) is 0 Å². The van der Waals surface area contributed by atoms with Crippen LogP contribution in [0.1, 0.15) is 0 Å². The van der Waals surface area contributed by atoms with Crippen LogP contribution in [-0.4, -0.2) is 21.8 Å². The molecule has 0 aliphatic heterocycles. The molecule has 0 unspecified atom stereocenters. The van der Waals surface area contributed by atoms with Gasteiger partial charge in [-0.25, -0.2) is 22.0 Å². The Morgan fingerprint density at radius 2 is 1.48 bits per heavy atom. The minimum atomic E-state index is -3.94. The van der Waals surface area contributed by atoms with Gasteiger partial charge in [0.2, 0.25) is 10.0 Å². The molecule has 0 saturated carbocycles. The molecule has 0 spiro atoms. The zero-order chi connectivity index (χ0) is 22.6. The second-order valence-electron chi connectivity index (χ2n) is 6.16. The van der Waals surface area contributed by atoms with Gasteiger partial charge in [0.1, 0.15) is 0 Å². The molecule has 0 aliphatic carbocycles. The number of nitrogens with two attached hydrogens (primary N) is 1. The van der Waals surface area contributed by atoms with Gasteiger partial charge in [-0.1, -0.05) is 6.07 Å². The molecule has 10 nitrogen and oxygen atoms in total. The first-order valence-electron chi connectivity index (χ1n) is 8.48. The molecule has 13 heteroatoms. The van der Waals surface area contributed by atoms with Crippen LogP contribution in [0, 0.1) is 10.1 Å². The van der Waals surface area contributed by atoms with Crippen molar-refractivity contribution in [2.24, 2.45) is 5.14 Å². The fourth-order valence-electron chi connectivity index (χ4n) is 2.41. The molecule has 162 valence electrons. The summed E-state index contributed by atoms with van der Waals surface area (Å²) in [6.45, 7) is 0. The Hall–Kier alpha value is -3.13. The number of primary sulfonamides is 1. The summed E-state index contributed by atoms with van der Waals surface area (Å²) in [6, 6.07) is 16.9. The van der Waals surface area contributed by atoms with Crippen LogP contribution in [0.15, 0.2) is 87.5 Å². The van der Waals surface area contributed by atoms with Crippen molar-refractivity contribution in [2.45, 2.75) is 14.7 Å². The molecule has 0 atom stereocenters. The number of hydrogen-bond acceptors (Lipinski definition) is 8. The average molecular weight is 481 g/mol. The smallest absolute Gasteiger partial charge is 0.269 e. The topological polar surface area (TPSA) is 162 Å². The standard InChI is InChI=1S/C18H16N4O6S3/c19-30(25,26)17-10-4-13(5-11-17)21-31(27,28)18-3-1-2-14(12-18)20-29-16-8-6-15(7-9-16)22(23)24/h1-12,20-21H,(H2,19,25,26). The summed E-state index contributed by atoms with van der Waals surface area (Å²) in [4.78, 5) is 10.8. The number of nitrogens with zero attached hydrogens (tertiary/aromatic N) is 1. The Kier molecular flexibility index (Phi) is 6.50. The molecule has 0 fully saturated rings. The fourth-order valence-corrected chi connectivity index (χ4v) is 4.66. The van der Waals surface area contributed by atoms with E-state index >= 15 is 0 Å². The van der Waals surface area contributed by atoms with E-state index in [1.165, 1.54) is 48.5 Å². The number of nitrogens with one attached hydrogen (secondary N) is 2. The van der Waals surface area contributed by atoms with E-state index in [4.69, 9.17) is 5.14 Å². The summed E-state index contributed by atoms with van der Waals surface area (Å²) in [6.07, 6.45) is 0. The zero-order valence-corrected chi connectivity index (χ0v) is 18.1. The minimum absolute atomic E-state index is 0.0164. The summed E-state index contributed by atoms with van der Waals surface area (Å²) >= 11 is 1.16. The van der Waals surface area contributed by atoms with Crippen LogP contribution >= 0.6 is 11.9 Å². The lowest BCUT2D eigenvalue weighted by Gasteiger charge is -2.11. The number of non-ortho nitro benzene ring substituents is 1. The third-order valence-electron chi connectivity index (χ3n) is 3.91. The first-order chi connectivity index (χ1) is 14.5. The Balaban J connectivity index is 1.71. The van der Waals surface area contributed by atoms with Crippen LogP contribution < -0.4 is 14.6 Å². The fraction of sp³-hybridized carbons (Fsp3) is 0. The summed E-state index contributed by atoms with van der Waals surface area (Å²) in [7, 11) is -7.82. The Bertz CT molecular complexity index is 1310. The van der Waals surface area contributed by atoms with Crippen molar-refractivity contribution in [3.8, 4) is 0 Å². The molecule has 0 aromatic heterocycles. The van der Waals surface area contributed by atoms with Crippen LogP contribution in [0.2, 0.25) is 0 Å². The predicted octanol–water partition coefficient (Wildman–Crippen LogP) is 3.16. The molecule has 4 N–H and O–H groups in total. The maximum Gasteiger partial charge on any atom is 0.269 e. The first-order valence-corrected chi connectivity index (χ1v) is 12.3. The number of hydrogen-bond donors (Lipinski definition) is 3. The van der Waals surface area contributed by atoms with Crippen LogP contribution in [0.5, 0.6) is 0 Å². The van der Waals surface area contributed by atoms with Gasteiger partial charge in [-0.3, -0.25) is 14.8 Å². The van der Waals surface area contributed by atoms with E-state index in [1.54, 1.807) is 24.3 Å². The van der Waals surface area contributed by atoms with Crippen molar-refractivity contribution in [3.63, 3.8) is 0 Å². The van der Waals surface area contributed by atoms with Crippen LogP contribution in [0.3, 0.4) is 0 Å². The molecule has 0 radical (unpaired) electrons. The largest absolute Gasteiger partial charge is 0.326 e. The van der Waals surface area contributed by atoms with Crippen molar-refractivity contribution in [2.75, 3.05) is 9.44 Å². The highest BCUT2D eigenvalue weighted by atomic mass is 32.2. The Morgan fingerprint density at radius 3 is 2.06 bits per heavy atom. The minimum Gasteiger partial charge on any atom is -0.326 e. The predicted molar refractivity (Wildman–Crippen MR) is 118 cm³/mol. The van der Waals surface area contributed by atoms with Gasteiger partial charge in [-0.15, -0.1) is 0 Å². The molecule has 0 amide bonds. The summed E-state index contributed by atoms with van der Waals surface area (Å²) in [5, 5.41) is 15.7. The van der Waals surface area contributed by atoms with Gasteiger partial charge >= 0.3 is 0 Å². The van der Waals surface area contributed by atoms with Crippen molar-refractivity contribution in [1.82, 2.24) is 0 Å². The third-order valence-corrected chi connectivity index (χ3v) is 7.07. The SMILES string of the molecule is NS(=O)(=O)c1ccc(NS(=O)(=O)c2cccc(NSc3ccc([N+](=O)[O-])cc3)c2)cc1. The molecular weight excluding hydrogens is 464 g/mol. The molecule has 3 aromatic rings. The second-order valence-corrected chi connectivity index (χ2v) is 10.3. The van der Waals surface area contributed by atoms with E-state index in [0.29, 0.717) is 10.6 Å². The molecule has 0 bridgehead atoms. The number of rotatable bonds is 8. The van der Waals surface area contributed by atoms with E-state index in [9.17, 15) is 26.9 Å². The van der Waals surface area contributed by atoms with Crippen molar-refractivity contribution >= 4 is 49.1 Å². The lowest BCUT2D eigenvalue weighted by molar-refractivity contribution is -0.384. The quantitative estimate of drug-likeness (QED) is 0.252. The maximum atomic E-state index is 12.7. The number of anilines is 2. The number of nitro groups is 1. The van der Waals surface area contributed by atoms with Gasteiger partial charge in [0, 0.05) is 28.4 Å². The lowest BCUT2D eigenvalue weighted by Crippen LogP contribution is -2.14. The number of nitro benzene ring substituents is 1. The normalized spacial score (nSPS) is 11.6. The highest BCUT2D eigenvalue weighted by Gasteiger charge is 2.16. The lowest BCUT2D eigenvalue weighted by atomic mass is 10.3. The number of benzene rings is 3. The molecule has 3 rings (SSSR count). The monoisotopic (exact) mass is 480 g/mol. The van der Waals surface area contributed by atoms with Crippen molar-refractivity contribution < 1.29 is 21.8 Å². The van der Waals surface area contributed by atoms with Crippen LogP contribution in [0.4, 0.5) is 17.1 Å². The van der Waals surface area contributed by atoms with Crippen LogP contribution in [0.25, 0.3) is 0 Å². The van der Waals surface area contributed by atoms with Gasteiger partial charge in [0.05, 0.1) is 14.7 Å². The number of sulfonamides is 2. The molecule has 31 heavy (non-hydrogen) atoms. The van der Waals surface area contributed by atoms with Gasteiger partial charge in [0.15, 0.2) is 0 Å². The van der Waals surface area contributed by atoms with Gasteiger partial charge in [-0.2, -0.15) is 0 Å². The highest BCUT2D eigenvalue weighted by Crippen LogP contribution is 2.26. The Labute approximate surface area is 182 Å². The van der Waals surface area contributed by atoms with Crippen LogP contribution in [-0.2, 0) is 20.0 Å².